The molecule has 0 heterocycles. The number of halogens is 2. The molecule has 20 heavy (non-hydrogen) atoms. The molecule has 2 rings (SSSR count). The van der Waals surface area contributed by atoms with Crippen molar-refractivity contribution in [2.45, 2.75) is 12.5 Å². The first kappa shape index (κ1) is 15.1. The third-order valence-electron chi connectivity index (χ3n) is 2.90. The Morgan fingerprint density at radius 2 is 1.85 bits per heavy atom. The van der Waals surface area contributed by atoms with Crippen molar-refractivity contribution in [2.75, 3.05) is 6.61 Å². The molecule has 0 fully saturated rings. The molecule has 3 nitrogen and oxygen atoms in total. The lowest BCUT2D eigenvalue weighted by molar-refractivity contribution is 0.264. The molecule has 0 saturated heterocycles. The predicted octanol–water partition coefficient (Wildman–Crippen LogP) is 3.45. The van der Waals surface area contributed by atoms with Crippen LogP contribution in [-0.2, 0) is 6.42 Å². The second-order valence-corrected chi connectivity index (χ2v) is 5.27. The largest absolute Gasteiger partial charge is 0.492 e. The van der Waals surface area contributed by atoms with Gasteiger partial charge in [0.25, 0.3) is 0 Å². The number of hydrazine groups is 1. The summed E-state index contributed by atoms with van der Waals surface area (Å²) in [6, 6.07) is 14.9. The average Bonchev–Trinajstić information content (AvgIpc) is 2.48. The van der Waals surface area contributed by atoms with Crippen molar-refractivity contribution in [3.63, 3.8) is 0 Å². The third-order valence-corrected chi connectivity index (χ3v) is 3.51. The molecule has 2 aromatic rings. The van der Waals surface area contributed by atoms with Crippen LogP contribution in [0.2, 0.25) is 10.0 Å². The van der Waals surface area contributed by atoms with Crippen molar-refractivity contribution in [2.24, 2.45) is 5.84 Å². The SMILES string of the molecule is NNC(COc1ccccc1)Cc1cc(Cl)ccc1Cl. The van der Waals surface area contributed by atoms with Crippen LogP contribution in [0.15, 0.2) is 48.5 Å². The Bertz CT molecular complexity index is 549. The van der Waals surface area contributed by atoms with E-state index in [-0.39, 0.29) is 6.04 Å². The van der Waals surface area contributed by atoms with Gasteiger partial charge in [0.1, 0.15) is 12.4 Å². The zero-order chi connectivity index (χ0) is 14.4. The highest BCUT2D eigenvalue weighted by Crippen LogP contribution is 2.22. The zero-order valence-corrected chi connectivity index (χ0v) is 12.4. The van der Waals surface area contributed by atoms with E-state index in [0.29, 0.717) is 23.1 Å². The van der Waals surface area contributed by atoms with Crippen LogP contribution in [0, 0.1) is 0 Å². The summed E-state index contributed by atoms with van der Waals surface area (Å²) < 4.78 is 5.68. The molecule has 0 aromatic heterocycles. The second-order valence-electron chi connectivity index (χ2n) is 4.43. The molecular weight excluding hydrogens is 295 g/mol. The summed E-state index contributed by atoms with van der Waals surface area (Å²) in [5.41, 5.74) is 3.68. The molecule has 0 amide bonds. The van der Waals surface area contributed by atoms with E-state index in [1.807, 2.05) is 36.4 Å². The minimum absolute atomic E-state index is 0.0498. The Morgan fingerprint density at radius 3 is 2.55 bits per heavy atom. The molecule has 0 radical (unpaired) electrons. The standard InChI is InChI=1S/C15H16Cl2N2O/c16-12-6-7-15(17)11(8-12)9-13(19-18)10-20-14-4-2-1-3-5-14/h1-8,13,19H,9-10,18H2. The predicted molar refractivity (Wildman–Crippen MR) is 83.2 cm³/mol. The number of nitrogens with two attached hydrogens (primary N) is 1. The minimum Gasteiger partial charge on any atom is -0.492 e. The molecule has 0 aliphatic carbocycles. The molecule has 1 atom stereocenters. The van der Waals surface area contributed by atoms with Crippen LogP contribution < -0.4 is 16.0 Å². The number of para-hydroxylation sites is 1. The van der Waals surface area contributed by atoms with Gasteiger partial charge in [-0.25, -0.2) is 0 Å². The Hall–Kier alpha value is -1.26. The molecule has 0 aliphatic rings. The lowest BCUT2D eigenvalue weighted by atomic mass is 10.1. The highest BCUT2D eigenvalue weighted by atomic mass is 35.5. The van der Waals surface area contributed by atoms with Crippen LogP contribution in [0.1, 0.15) is 5.56 Å². The lowest BCUT2D eigenvalue weighted by Gasteiger charge is -2.17. The number of hydrogen-bond donors (Lipinski definition) is 2. The van der Waals surface area contributed by atoms with Crippen LogP contribution >= 0.6 is 23.2 Å². The van der Waals surface area contributed by atoms with Crippen molar-refractivity contribution in [1.29, 1.82) is 0 Å². The van der Waals surface area contributed by atoms with Gasteiger partial charge in [0.05, 0.1) is 6.04 Å². The van der Waals surface area contributed by atoms with E-state index in [0.717, 1.165) is 11.3 Å². The van der Waals surface area contributed by atoms with Crippen LogP contribution in [0.3, 0.4) is 0 Å². The van der Waals surface area contributed by atoms with E-state index < -0.39 is 0 Å². The van der Waals surface area contributed by atoms with Gasteiger partial charge in [-0.05, 0) is 42.3 Å². The maximum Gasteiger partial charge on any atom is 0.119 e. The number of ether oxygens (including phenoxy) is 1. The Morgan fingerprint density at radius 1 is 1.10 bits per heavy atom. The fraction of sp³-hybridized carbons (Fsp3) is 0.200. The second kappa shape index (κ2) is 7.50. The maximum absolute atomic E-state index is 6.15. The number of benzene rings is 2. The summed E-state index contributed by atoms with van der Waals surface area (Å²) in [6.45, 7) is 0.448. The zero-order valence-electron chi connectivity index (χ0n) is 10.9. The molecule has 0 aliphatic heterocycles. The smallest absolute Gasteiger partial charge is 0.119 e. The molecule has 5 heteroatoms. The monoisotopic (exact) mass is 310 g/mol. The quantitative estimate of drug-likeness (QED) is 0.634. The molecule has 0 bridgehead atoms. The van der Waals surface area contributed by atoms with E-state index in [2.05, 4.69) is 5.43 Å². The molecule has 106 valence electrons. The van der Waals surface area contributed by atoms with E-state index in [9.17, 15) is 0 Å². The highest BCUT2D eigenvalue weighted by molar-refractivity contribution is 6.33. The molecule has 1 unspecified atom stereocenters. The summed E-state index contributed by atoms with van der Waals surface area (Å²) in [5, 5.41) is 1.33. The van der Waals surface area contributed by atoms with E-state index in [1.165, 1.54) is 0 Å². The first-order valence-corrected chi connectivity index (χ1v) is 7.02. The summed E-state index contributed by atoms with van der Waals surface area (Å²) in [5.74, 6) is 6.38. The Kier molecular flexibility index (Phi) is 5.68. The fourth-order valence-corrected chi connectivity index (χ4v) is 2.23. The third kappa shape index (κ3) is 4.39. The molecule has 0 spiro atoms. The highest BCUT2D eigenvalue weighted by Gasteiger charge is 2.11. The van der Waals surface area contributed by atoms with Crippen molar-refractivity contribution in [3.8, 4) is 5.75 Å². The summed E-state index contributed by atoms with van der Waals surface area (Å²) >= 11 is 12.1. The minimum atomic E-state index is -0.0498. The van der Waals surface area contributed by atoms with Crippen molar-refractivity contribution < 1.29 is 4.74 Å². The van der Waals surface area contributed by atoms with Gasteiger partial charge in [0.2, 0.25) is 0 Å². The van der Waals surface area contributed by atoms with Crippen molar-refractivity contribution in [1.82, 2.24) is 5.43 Å². The topological polar surface area (TPSA) is 47.3 Å². The number of hydrogen-bond acceptors (Lipinski definition) is 3. The van der Waals surface area contributed by atoms with Gasteiger partial charge in [-0.1, -0.05) is 41.4 Å². The van der Waals surface area contributed by atoms with Gasteiger partial charge in [0, 0.05) is 10.0 Å². The van der Waals surface area contributed by atoms with Crippen molar-refractivity contribution in [3.05, 3.63) is 64.1 Å². The van der Waals surface area contributed by atoms with Gasteiger partial charge < -0.3 is 4.74 Å². The van der Waals surface area contributed by atoms with Crippen LogP contribution in [-0.4, -0.2) is 12.6 Å². The Labute approximate surface area is 128 Å². The molecule has 0 saturated carbocycles. The molecular formula is C15H16Cl2N2O. The van der Waals surface area contributed by atoms with Crippen LogP contribution in [0.25, 0.3) is 0 Å². The number of rotatable bonds is 6. The van der Waals surface area contributed by atoms with Gasteiger partial charge in [-0.15, -0.1) is 0 Å². The lowest BCUT2D eigenvalue weighted by Crippen LogP contribution is -2.41. The summed E-state index contributed by atoms with van der Waals surface area (Å²) in [7, 11) is 0. The summed E-state index contributed by atoms with van der Waals surface area (Å²) in [6.07, 6.45) is 0.642. The van der Waals surface area contributed by atoms with Crippen LogP contribution in [0.4, 0.5) is 0 Å². The average molecular weight is 311 g/mol. The van der Waals surface area contributed by atoms with Crippen molar-refractivity contribution >= 4 is 23.2 Å². The maximum atomic E-state index is 6.15. The summed E-state index contributed by atoms with van der Waals surface area (Å²) in [4.78, 5) is 0. The van der Waals surface area contributed by atoms with E-state index in [4.69, 9.17) is 33.8 Å². The number of nitrogens with one attached hydrogen (secondary N) is 1. The van der Waals surface area contributed by atoms with Gasteiger partial charge in [-0.3, -0.25) is 11.3 Å². The van der Waals surface area contributed by atoms with Crippen LogP contribution in [0.5, 0.6) is 5.75 Å². The normalized spacial score (nSPS) is 12.2. The van der Waals surface area contributed by atoms with E-state index in [1.54, 1.807) is 12.1 Å². The van der Waals surface area contributed by atoms with Gasteiger partial charge in [-0.2, -0.15) is 0 Å². The first-order valence-electron chi connectivity index (χ1n) is 6.27. The molecule has 2 aromatic carbocycles. The van der Waals surface area contributed by atoms with Gasteiger partial charge in [0.15, 0.2) is 0 Å². The Balaban J connectivity index is 1.97. The molecule has 3 N–H and O–H groups in total. The first-order chi connectivity index (χ1) is 9.69. The fourth-order valence-electron chi connectivity index (χ4n) is 1.84. The van der Waals surface area contributed by atoms with Gasteiger partial charge >= 0.3 is 0 Å². The van der Waals surface area contributed by atoms with E-state index >= 15 is 0 Å².